The highest BCUT2D eigenvalue weighted by molar-refractivity contribution is 5.68. The first kappa shape index (κ1) is 17.6. The van der Waals surface area contributed by atoms with Crippen LogP contribution in [0.4, 0.5) is 37.7 Å². The van der Waals surface area contributed by atoms with Gasteiger partial charge >= 0.3 is 12.4 Å². The van der Waals surface area contributed by atoms with Gasteiger partial charge in [0.1, 0.15) is 0 Å². The second-order valence-electron chi connectivity index (χ2n) is 5.86. The van der Waals surface area contributed by atoms with Crippen molar-refractivity contribution in [1.82, 2.24) is 0 Å². The van der Waals surface area contributed by atoms with Crippen LogP contribution >= 0.6 is 0 Å². The van der Waals surface area contributed by atoms with E-state index in [9.17, 15) is 31.4 Å². The summed E-state index contributed by atoms with van der Waals surface area (Å²) in [5.74, 6) is 0. The van der Waals surface area contributed by atoms with Crippen molar-refractivity contribution in [3.8, 4) is 0 Å². The summed E-state index contributed by atoms with van der Waals surface area (Å²) in [5.41, 5.74) is -3.80. The van der Waals surface area contributed by atoms with Crippen molar-refractivity contribution < 1.29 is 31.4 Å². The number of anilines is 2. The van der Waals surface area contributed by atoms with Crippen LogP contribution < -0.4 is 5.32 Å². The summed E-state index contributed by atoms with van der Waals surface area (Å²) in [7, 11) is 0. The first-order valence-electron chi connectivity index (χ1n) is 7.38. The highest BCUT2D eigenvalue weighted by atomic mass is 19.4. The molecule has 0 bridgehead atoms. The zero-order chi connectivity index (χ0) is 18.5. The topological polar surface area (TPSA) is 32.3 Å². The van der Waals surface area contributed by atoms with Gasteiger partial charge in [-0.3, -0.25) is 0 Å². The molecule has 2 aromatic carbocycles. The van der Waals surface area contributed by atoms with Gasteiger partial charge in [-0.1, -0.05) is 30.3 Å². The maximum Gasteiger partial charge on any atom is 0.430 e. The molecule has 25 heavy (non-hydrogen) atoms. The van der Waals surface area contributed by atoms with E-state index in [0.717, 1.165) is 23.4 Å². The first-order valence-corrected chi connectivity index (χ1v) is 7.38. The lowest BCUT2D eigenvalue weighted by Crippen LogP contribution is -2.53. The van der Waals surface area contributed by atoms with Gasteiger partial charge in [0.2, 0.25) is 0 Å². The van der Waals surface area contributed by atoms with E-state index in [0.29, 0.717) is 18.2 Å². The lowest BCUT2D eigenvalue weighted by molar-refractivity contribution is -0.376. The number of nitrogens with one attached hydrogen (secondary N) is 1. The van der Waals surface area contributed by atoms with E-state index in [1.54, 1.807) is 18.2 Å². The van der Waals surface area contributed by atoms with Gasteiger partial charge in [0.15, 0.2) is 0 Å². The molecule has 0 unspecified atom stereocenters. The Balaban J connectivity index is 2.08. The van der Waals surface area contributed by atoms with Crippen molar-refractivity contribution in [2.45, 2.75) is 30.8 Å². The first-order chi connectivity index (χ1) is 11.5. The van der Waals surface area contributed by atoms with Crippen LogP contribution in [-0.4, -0.2) is 17.5 Å². The van der Waals surface area contributed by atoms with Crippen LogP contribution in [-0.2, 0) is 18.4 Å². The van der Waals surface area contributed by atoms with Crippen molar-refractivity contribution in [2.24, 2.45) is 0 Å². The van der Waals surface area contributed by atoms with E-state index >= 15 is 0 Å². The number of aryl methyl sites for hydroxylation is 2. The van der Waals surface area contributed by atoms with Crippen LogP contribution in [0.3, 0.4) is 0 Å². The van der Waals surface area contributed by atoms with Crippen LogP contribution in [0.25, 0.3) is 0 Å². The van der Waals surface area contributed by atoms with Crippen molar-refractivity contribution in [3.63, 3.8) is 0 Å². The molecule has 0 aromatic heterocycles. The number of rotatable bonds is 1. The molecule has 0 saturated carbocycles. The summed E-state index contributed by atoms with van der Waals surface area (Å²) in [6.45, 7) is 0. The van der Waals surface area contributed by atoms with Gasteiger partial charge in [0, 0.05) is 16.9 Å². The number of halogens is 6. The normalized spacial score (nSPS) is 15.0. The number of benzene rings is 2. The fourth-order valence-corrected chi connectivity index (χ4v) is 2.91. The molecule has 1 aliphatic heterocycles. The van der Waals surface area contributed by atoms with Gasteiger partial charge in [-0.2, -0.15) is 26.3 Å². The monoisotopic (exact) mass is 361 g/mol. The molecule has 0 amide bonds. The number of alkyl halides is 6. The average Bonchev–Trinajstić information content (AvgIpc) is 2.70. The fourth-order valence-electron chi connectivity index (χ4n) is 2.91. The Morgan fingerprint density at radius 3 is 1.96 bits per heavy atom. The zero-order valence-corrected chi connectivity index (χ0v) is 12.7. The van der Waals surface area contributed by atoms with Gasteiger partial charge in [-0.25, -0.2) is 0 Å². The molecule has 0 saturated heterocycles. The molecule has 0 fully saturated rings. The van der Waals surface area contributed by atoms with Gasteiger partial charge in [0.25, 0.3) is 5.60 Å². The van der Waals surface area contributed by atoms with Crippen LogP contribution in [0, 0.1) is 0 Å². The molecule has 2 nitrogen and oxygen atoms in total. The number of hydrogen-bond donors (Lipinski definition) is 2. The predicted molar refractivity (Wildman–Crippen MR) is 79.6 cm³/mol. The second kappa shape index (κ2) is 5.66. The van der Waals surface area contributed by atoms with Crippen LogP contribution in [0.1, 0.15) is 16.7 Å². The van der Waals surface area contributed by atoms with Crippen LogP contribution in [0.15, 0.2) is 42.5 Å². The average molecular weight is 361 g/mol. The quantitative estimate of drug-likeness (QED) is 0.713. The van der Waals surface area contributed by atoms with Gasteiger partial charge in [0.05, 0.1) is 0 Å². The van der Waals surface area contributed by atoms with Gasteiger partial charge in [-0.05, 0) is 36.1 Å². The molecule has 2 N–H and O–H groups in total. The number of para-hydroxylation sites is 1. The van der Waals surface area contributed by atoms with Crippen molar-refractivity contribution >= 4 is 11.4 Å². The predicted octanol–water partition coefficient (Wildman–Crippen LogP) is 4.84. The Kier molecular flexibility index (Phi) is 3.98. The molecular formula is C17H13F6NO. The summed E-state index contributed by atoms with van der Waals surface area (Å²) in [5, 5.41) is 12.5. The van der Waals surface area contributed by atoms with Crippen LogP contribution in [0.5, 0.6) is 0 Å². The Morgan fingerprint density at radius 2 is 1.32 bits per heavy atom. The molecule has 3 rings (SSSR count). The number of aliphatic hydroxyl groups is 1. The number of fused-ring (bicyclic) bond motifs is 2. The van der Waals surface area contributed by atoms with E-state index in [1.807, 2.05) is 6.07 Å². The van der Waals surface area contributed by atoms with Gasteiger partial charge in [-0.15, -0.1) is 0 Å². The lowest BCUT2D eigenvalue weighted by Gasteiger charge is -2.33. The summed E-state index contributed by atoms with van der Waals surface area (Å²) >= 11 is 0. The highest BCUT2D eigenvalue weighted by Gasteiger charge is 2.71. The second-order valence-corrected chi connectivity index (χ2v) is 5.86. The smallest absolute Gasteiger partial charge is 0.369 e. The molecule has 2 aromatic rings. The fraction of sp³-hybridized carbons (Fsp3) is 0.294. The molecule has 134 valence electrons. The summed E-state index contributed by atoms with van der Waals surface area (Å²) in [4.78, 5) is 0. The van der Waals surface area contributed by atoms with E-state index in [4.69, 9.17) is 0 Å². The standard InChI is InChI=1S/C17H13F6NO/c18-16(19,20)15(25,17(21,22)23)12-7-8-14-11(9-12)6-5-10-3-1-2-4-13(10)24-14/h1-4,7-9,24-25H,5-6H2. The molecule has 1 heterocycles. The largest absolute Gasteiger partial charge is 0.430 e. The Bertz CT molecular complexity index is 782. The molecular weight excluding hydrogens is 348 g/mol. The van der Waals surface area contributed by atoms with Crippen molar-refractivity contribution in [1.29, 1.82) is 0 Å². The summed E-state index contributed by atoms with van der Waals surface area (Å²) < 4.78 is 78.2. The Hall–Kier alpha value is -2.22. The summed E-state index contributed by atoms with van der Waals surface area (Å²) in [6, 6.07) is 9.74. The lowest BCUT2D eigenvalue weighted by atomic mass is 9.89. The third-order valence-corrected chi connectivity index (χ3v) is 4.29. The Morgan fingerprint density at radius 1 is 0.760 bits per heavy atom. The maximum absolute atomic E-state index is 13.0. The van der Waals surface area contributed by atoms with E-state index in [-0.39, 0.29) is 12.0 Å². The van der Waals surface area contributed by atoms with E-state index in [1.165, 1.54) is 0 Å². The molecule has 0 radical (unpaired) electrons. The van der Waals surface area contributed by atoms with Crippen molar-refractivity contribution in [2.75, 3.05) is 5.32 Å². The van der Waals surface area contributed by atoms with E-state index in [2.05, 4.69) is 5.32 Å². The molecule has 0 atom stereocenters. The third-order valence-electron chi connectivity index (χ3n) is 4.29. The summed E-state index contributed by atoms with van der Waals surface area (Å²) in [6.07, 6.45) is -11.1. The number of hydrogen-bond acceptors (Lipinski definition) is 2. The molecule has 1 aliphatic rings. The highest BCUT2D eigenvalue weighted by Crippen LogP contribution is 2.50. The third kappa shape index (κ3) is 2.84. The van der Waals surface area contributed by atoms with Crippen molar-refractivity contribution in [3.05, 3.63) is 59.2 Å². The van der Waals surface area contributed by atoms with E-state index < -0.39 is 23.5 Å². The minimum absolute atomic E-state index is 0.249. The minimum Gasteiger partial charge on any atom is -0.369 e. The molecule has 0 spiro atoms. The minimum atomic E-state index is -5.89. The van der Waals surface area contributed by atoms with Gasteiger partial charge < -0.3 is 10.4 Å². The van der Waals surface area contributed by atoms with Crippen LogP contribution in [0.2, 0.25) is 0 Å². The molecule has 0 aliphatic carbocycles. The SMILES string of the molecule is OC(c1ccc2c(c1)CCc1ccccc1N2)(C(F)(F)F)C(F)(F)F. The molecule has 8 heteroatoms. The zero-order valence-electron chi connectivity index (χ0n) is 12.7. The Labute approximate surface area is 139 Å². The maximum atomic E-state index is 13.0.